The molecule has 1 aliphatic rings. The Morgan fingerprint density at radius 3 is 2.50 bits per heavy atom. The highest BCUT2D eigenvalue weighted by molar-refractivity contribution is 7.89. The fraction of sp³-hybridized carbons (Fsp3) is 0.727. The second-order valence-electron chi connectivity index (χ2n) is 4.87. The van der Waals surface area contributed by atoms with Crippen LogP contribution in [-0.4, -0.2) is 35.6 Å². The zero-order chi connectivity index (χ0) is 13.3. The van der Waals surface area contributed by atoms with Gasteiger partial charge in [0.1, 0.15) is 4.90 Å². The quantitative estimate of drug-likeness (QED) is 0.888. The van der Waals surface area contributed by atoms with E-state index in [-0.39, 0.29) is 16.8 Å². The van der Waals surface area contributed by atoms with Crippen LogP contribution in [0, 0.1) is 0 Å². The van der Waals surface area contributed by atoms with Crippen molar-refractivity contribution in [2.24, 2.45) is 7.05 Å². The molecule has 1 fully saturated rings. The van der Waals surface area contributed by atoms with Crippen LogP contribution in [0.5, 0.6) is 0 Å². The highest BCUT2D eigenvalue weighted by Gasteiger charge is 2.31. The molecule has 1 aliphatic carbocycles. The van der Waals surface area contributed by atoms with E-state index in [0.29, 0.717) is 0 Å². The van der Waals surface area contributed by atoms with Crippen LogP contribution in [0.4, 0.5) is 5.82 Å². The molecule has 0 spiro atoms. The van der Waals surface area contributed by atoms with Gasteiger partial charge in [-0.2, -0.15) is 9.40 Å². The summed E-state index contributed by atoms with van der Waals surface area (Å²) < 4.78 is 27.8. The maximum atomic E-state index is 12.5. The van der Waals surface area contributed by atoms with Crippen molar-refractivity contribution in [1.29, 1.82) is 0 Å². The van der Waals surface area contributed by atoms with E-state index in [1.807, 2.05) is 0 Å². The van der Waals surface area contributed by atoms with Crippen molar-refractivity contribution in [1.82, 2.24) is 14.1 Å². The van der Waals surface area contributed by atoms with Gasteiger partial charge in [-0.1, -0.05) is 19.3 Å². The van der Waals surface area contributed by atoms with Crippen molar-refractivity contribution in [3.63, 3.8) is 0 Å². The molecule has 2 N–H and O–H groups in total. The molecule has 102 valence electrons. The Bertz CT molecular complexity index is 517. The summed E-state index contributed by atoms with van der Waals surface area (Å²) in [7, 11) is -0.224. The van der Waals surface area contributed by atoms with Crippen LogP contribution >= 0.6 is 0 Å². The zero-order valence-electron chi connectivity index (χ0n) is 10.8. The van der Waals surface area contributed by atoms with E-state index < -0.39 is 10.0 Å². The van der Waals surface area contributed by atoms with Gasteiger partial charge in [-0.3, -0.25) is 4.68 Å². The molecule has 0 atom stereocenters. The molecule has 2 rings (SSSR count). The van der Waals surface area contributed by atoms with E-state index in [9.17, 15) is 8.42 Å². The number of nitrogens with two attached hydrogens (primary N) is 1. The van der Waals surface area contributed by atoms with E-state index in [4.69, 9.17) is 5.73 Å². The number of rotatable bonds is 3. The van der Waals surface area contributed by atoms with Crippen molar-refractivity contribution >= 4 is 15.8 Å². The first-order valence-corrected chi connectivity index (χ1v) is 7.64. The summed E-state index contributed by atoms with van der Waals surface area (Å²) in [6, 6.07) is 0.0864. The van der Waals surface area contributed by atoms with Crippen LogP contribution < -0.4 is 5.73 Å². The van der Waals surface area contributed by atoms with Crippen LogP contribution in [0.15, 0.2) is 11.1 Å². The second-order valence-corrected chi connectivity index (χ2v) is 6.83. The van der Waals surface area contributed by atoms with Crippen molar-refractivity contribution in [3.8, 4) is 0 Å². The highest BCUT2D eigenvalue weighted by Crippen LogP contribution is 2.28. The first-order valence-electron chi connectivity index (χ1n) is 6.20. The molecule has 1 heterocycles. The summed E-state index contributed by atoms with van der Waals surface area (Å²) in [4.78, 5) is 0.109. The van der Waals surface area contributed by atoms with Gasteiger partial charge in [0.2, 0.25) is 10.0 Å². The second kappa shape index (κ2) is 4.89. The van der Waals surface area contributed by atoms with E-state index in [1.165, 1.54) is 21.6 Å². The standard InChI is InChI=1S/C11H20N4O2S/c1-14-8-10(11(12)13-14)18(16,17)15(2)9-6-4-3-5-7-9/h8-9H,3-7H2,1-2H3,(H2,12,13). The van der Waals surface area contributed by atoms with Crippen LogP contribution in [0.25, 0.3) is 0 Å². The summed E-state index contributed by atoms with van der Waals surface area (Å²) in [5.74, 6) is 0.0696. The van der Waals surface area contributed by atoms with Gasteiger partial charge in [-0.25, -0.2) is 8.42 Å². The number of anilines is 1. The van der Waals surface area contributed by atoms with Crippen LogP contribution in [0.1, 0.15) is 32.1 Å². The zero-order valence-corrected chi connectivity index (χ0v) is 11.7. The lowest BCUT2D eigenvalue weighted by Crippen LogP contribution is -2.38. The average Bonchev–Trinajstić information content (AvgIpc) is 2.69. The summed E-state index contributed by atoms with van der Waals surface area (Å²) >= 11 is 0. The van der Waals surface area contributed by atoms with Crippen molar-refractivity contribution in [3.05, 3.63) is 6.20 Å². The van der Waals surface area contributed by atoms with Gasteiger partial charge in [-0.15, -0.1) is 0 Å². The van der Waals surface area contributed by atoms with E-state index in [2.05, 4.69) is 5.10 Å². The van der Waals surface area contributed by atoms with Gasteiger partial charge in [-0.05, 0) is 12.8 Å². The largest absolute Gasteiger partial charge is 0.381 e. The van der Waals surface area contributed by atoms with Crippen molar-refractivity contribution < 1.29 is 8.42 Å². The lowest BCUT2D eigenvalue weighted by molar-refractivity contribution is 0.286. The summed E-state index contributed by atoms with van der Waals surface area (Å²) in [5, 5.41) is 3.89. The maximum Gasteiger partial charge on any atom is 0.248 e. The van der Waals surface area contributed by atoms with Crippen LogP contribution in [0.2, 0.25) is 0 Å². The number of nitrogen functional groups attached to an aromatic ring is 1. The number of aryl methyl sites for hydroxylation is 1. The van der Waals surface area contributed by atoms with Gasteiger partial charge in [0.15, 0.2) is 5.82 Å². The Labute approximate surface area is 108 Å². The molecule has 6 nitrogen and oxygen atoms in total. The molecule has 0 bridgehead atoms. The Kier molecular flexibility index (Phi) is 3.63. The molecule has 1 aromatic heterocycles. The molecule has 0 radical (unpaired) electrons. The minimum atomic E-state index is -3.52. The lowest BCUT2D eigenvalue weighted by atomic mass is 9.96. The third-order valence-corrected chi connectivity index (χ3v) is 5.49. The molecule has 18 heavy (non-hydrogen) atoms. The number of sulfonamides is 1. The molecule has 0 amide bonds. The molecule has 0 aromatic carbocycles. The Balaban J connectivity index is 2.27. The smallest absolute Gasteiger partial charge is 0.248 e. The SMILES string of the molecule is CN(C1CCCCC1)S(=O)(=O)c1cn(C)nc1N. The van der Waals surface area contributed by atoms with E-state index >= 15 is 0 Å². The number of hydrogen-bond donors (Lipinski definition) is 1. The van der Waals surface area contributed by atoms with Gasteiger partial charge >= 0.3 is 0 Å². The van der Waals surface area contributed by atoms with Crippen molar-refractivity contribution in [2.75, 3.05) is 12.8 Å². The van der Waals surface area contributed by atoms with Crippen molar-refractivity contribution in [2.45, 2.75) is 43.0 Å². The van der Waals surface area contributed by atoms with Gasteiger partial charge < -0.3 is 5.73 Å². The summed E-state index contributed by atoms with van der Waals surface area (Å²) in [5.41, 5.74) is 5.66. The van der Waals surface area contributed by atoms with Gasteiger partial charge in [0.05, 0.1) is 0 Å². The number of aromatic nitrogens is 2. The Morgan fingerprint density at radius 2 is 2.00 bits per heavy atom. The molecule has 7 heteroatoms. The third kappa shape index (κ3) is 2.37. The minimum Gasteiger partial charge on any atom is -0.381 e. The summed E-state index contributed by atoms with van der Waals surface area (Å²) in [6.07, 6.45) is 6.69. The van der Waals surface area contributed by atoms with Crippen LogP contribution in [-0.2, 0) is 17.1 Å². The molecular weight excluding hydrogens is 252 g/mol. The molecule has 0 aliphatic heterocycles. The molecular formula is C11H20N4O2S. The van der Waals surface area contributed by atoms with Crippen LogP contribution in [0.3, 0.4) is 0 Å². The van der Waals surface area contributed by atoms with E-state index in [1.54, 1.807) is 14.1 Å². The van der Waals surface area contributed by atoms with Gasteiger partial charge in [0.25, 0.3) is 0 Å². The fourth-order valence-corrected chi connectivity index (χ4v) is 3.98. The first kappa shape index (κ1) is 13.4. The first-order chi connectivity index (χ1) is 8.43. The topological polar surface area (TPSA) is 81.2 Å². The predicted octanol–water partition coefficient (Wildman–Crippen LogP) is 0.956. The van der Waals surface area contributed by atoms with Gasteiger partial charge in [0, 0.05) is 26.3 Å². The highest BCUT2D eigenvalue weighted by atomic mass is 32.2. The monoisotopic (exact) mass is 272 g/mol. The fourth-order valence-electron chi connectivity index (χ4n) is 2.48. The summed E-state index contributed by atoms with van der Waals surface area (Å²) in [6.45, 7) is 0. The molecule has 0 saturated heterocycles. The Hall–Kier alpha value is -1.08. The molecule has 1 aromatic rings. The predicted molar refractivity (Wildman–Crippen MR) is 69.4 cm³/mol. The molecule has 1 saturated carbocycles. The maximum absolute atomic E-state index is 12.5. The lowest BCUT2D eigenvalue weighted by Gasteiger charge is -2.30. The Morgan fingerprint density at radius 1 is 1.39 bits per heavy atom. The van der Waals surface area contributed by atoms with E-state index in [0.717, 1.165) is 25.7 Å². The number of hydrogen-bond acceptors (Lipinski definition) is 4. The minimum absolute atomic E-state index is 0.0696. The third-order valence-electron chi connectivity index (χ3n) is 3.57. The average molecular weight is 272 g/mol. The normalized spacial score (nSPS) is 18.4. The number of nitrogens with zero attached hydrogens (tertiary/aromatic N) is 3. The molecule has 0 unspecified atom stereocenters.